The van der Waals surface area contributed by atoms with Gasteiger partial charge in [-0.1, -0.05) is 133 Å². The fourth-order valence-electron chi connectivity index (χ4n) is 8.55. The van der Waals surface area contributed by atoms with E-state index in [0.29, 0.717) is 0 Å². The first-order valence-electron chi connectivity index (χ1n) is 19.1. The number of furan rings is 2. The Morgan fingerprint density at radius 3 is 1.91 bits per heavy atom. The largest absolute Gasteiger partial charge is 0.456 e. The number of para-hydroxylation sites is 1. The molecule has 0 saturated carbocycles. The van der Waals surface area contributed by atoms with Gasteiger partial charge in [-0.3, -0.25) is 0 Å². The van der Waals surface area contributed by atoms with Crippen molar-refractivity contribution in [3.05, 3.63) is 193 Å². The molecule has 4 heterocycles. The zero-order valence-electron chi connectivity index (χ0n) is 30.4. The Morgan fingerprint density at radius 1 is 0.404 bits per heavy atom. The van der Waals surface area contributed by atoms with Crippen molar-refractivity contribution < 1.29 is 8.83 Å². The number of rotatable bonds is 5. The zero-order valence-corrected chi connectivity index (χ0v) is 31.3. The van der Waals surface area contributed by atoms with Crippen molar-refractivity contribution in [2.75, 3.05) is 0 Å². The lowest BCUT2D eigenvalue weighted by Crippen LogP contribution is -2.36. The van der Waals surface area contributed by atoms with E-state index in [4.69, 9.17) is 18.8 Å². The van der Waals surface area contributed by atoms with E-state index in [9.17, 15) is 0 Å². The summed E-state index contributed by atoms with van der Waals surface area (Å²) in [6.45, 7) is 0. The summed E-state index contributed by atoms with van der Waals surface area (Å²) < 4.78 is 15.6. The van der Waals surface area contributed by atoms with Crippen molar-refractivity contribution >= 4 is 87.1 Å². The molecule has 0 radical (unpaired) electrons. The van der Waals surface area contributed by atoms with Crippen LogP contribution in [0.4, 0.5) is 0 Å². The standard InChI is InChI=1S/C51H31N3O2S/c1-2-11-30(12-3-1)31-23-25-32(26-24-31)49-52-50(38-16-8-19-41-46(38)35-13-4-6-18-40(35)55-41)54-51(53-49)39-17-9-20-42-47(39)36-28-27-33(29-43(36)56-42)34-15-10-22-45-48(34)37-14-5-7-21-44(37)57-45/h1-29,51H,(H,52,53,54). The minimum Gasteiger partial charge on any atom is -0.456 e. The number of thiophene rings is 1. The Kier molecular flexibility index (Phi) is 7.09. The van der Waals surface area contributed by atoms with Gasteiger partial charge in [-0.15, -0.1) is 11.3 Å². The maximum atomic E-state index is 6.68. The van der Waals surface area contributed by atoms with Crippen LogP contribution in [0.5, 0.6) is 0 Å². The Balaban J connectivity index is 1.03. The summed E-state index contributed by atoms with van der Waals surface area (Å²) in [6.07, 6.45) is -0.548. The number of benzene rings is 8. The van der Waals surface area contributed by atoms with Crippen LogP contribution in [0, 0.1) is 0 Å². The van der Waals surface area contributed by atoms with E-state index < -0.39 is 6.17 Å². The third kappa shape index (κ3) is 5.15. The molecule has 0 aliphatic carbocycles. The Bertz CT molecular complexity index is 3440. The normalized spacial score (nSPS) is 14.5. The molecule has 8 aromatic carbocycles. The Morgan fingerprint density at radius 2 is 1.02 bits per heavy atom. The topological polar surface area (TPSA) is 63.0 Å². The summed E-state index contributed by atoms with van der Waals surface area (Å²) in [6, 6.07) is 61.4. The second-order valence-electron chi connectivity index (χ2n) is 14.5. The maximum absolute atomic E-state index is 6.68. The Labute approximate surface area is 330 Å². The third-order valence-corrected chi connectivity index (χ3v) is 12.3. The van der Waals surface area contributed by atoms with Crippen LogP contribution in [0.15, 0.2) is 195 Å². The molecule has 12 rings (SSSR count). The lowest BCUT2D eigenvalue weighted by atomic mass is 9.97. The molecule has 0 saturated heterocycles. The molecule has 1 aliphatic heterocycles. The average Bonchev–Trinajstić information content (AvgIpc) is 3.97. The van der Waals surface area contributed by atoms with Gasteiger partial charge in [0, 0.05) is 58.4 Å². The van der Waals surface area contributed by atoms with Gasteiger partial charge in [0.05, 0.1) is 0 Å². The number of amidine groups is 2. The summed E-state index contributed by atoms with van der Waals surface area (Å²) in [5, 5.41) is 10.3. The van der Waals surface area contributed by atoms with Crippen molar-refractivity contribution in [1.82, 2.24) is 5.32 Å². The van der Waals surface area contributed by atoms with Crippen LogP contribution in [0.1, 0.15) is 22.9 Å². The van der Waals surface area contributed by atoms with Crippen LogP contribution >= 0.6 is 11.3 Å². The Hall–Kier alpha value is -7.28. The maximum Gasteiger partial charge on any atom is 0.170 e. The van der Waals surface area contributed by atoms with Crippen LogP contribution in [-0.2, 0) is 0 Å². The third-order valence-electron chi connectivity index (χ3n) is 11.2. The molecule has 0 bridgehead atoms. The zero-order chi connectivity index (χ0) is 37.5. The molecular formula is C51H31N3O2S. The number of aliphatic imine (C=N–C) groups is 2. The van der Waals surface area contributed by atoms with Crippen LogP contribution < -0.4 is 5.32 Å². The highest BCUT2D eigenvalue weighted by Gasteiger charge is 2.26. The predicted octanol–water partition coefficient (Wildman–Crippen LogP) is 13.7. The van der Waals surface area contributed by atoms with E-state index in [-0.39, 0.29) is 0 Å². The van der Waals surface area contributed by atoms with Crippen molar-refractivity contribution in [3.63, 3.8) is 0 Å². The van der Waals surface area contributed by atoms with E-state index in [0.717, 1.165) is 83.4 Å². The highest BCUT2D eigenvalue weighted by Crippen LogP contribution is 2.43. The molecule has 57 heavy (non-hydrogen) atoms. The van der Waals surface area contributed by atoms with Gasteiger partial charge in [0.25, 0.3) is 0 Å². The first kappa shape index (κ1) is 32.0. The highest BCUT2D eigenvalue weighted by atomic mass is 32.1. The minimum atomic E-state index is -0.548. The summed E-state index contributed by atoms with van der Waals surface area (Å²) in [5.74, 6) is 1.48. The van der Waals surface area contributed by atoms with Crippen LogP contribution in [0.2, 0.25) is 0 Å². The summed E-state index contributed by atoms with van der Waals surface area (Å²) in [7, 11) is 0. The summed E-state index contributed by atoms with van der Waals surface area (Å²) in [4.78, 5) is 10.7. The molecule has 1 N–H and O–H groups in total. The molecule has 3 aromatic heterocycles. The molecule has 268 valence electrons. The van der Waals surface area contributed by atoms with Gasteiger partial charge >= 0.3 is 0 Å². The molecule has 1 unspecified atom stereocenters. The van der Waals surface area contributed by atoms with Crippen molar-refractivity contribution in [3.8, 4) is 22.3 Å². The smallest absolute Gasteiger partial charge is 0.170 e. The van der Waals surface area contributed by atoms with Crippen LogP contribution in [-0.4, -0.2) is 11.7 Å². The molecule has 6 heteroatoms. The number of fused-ring (bicyclic) bond motifs is 9. The van der Waals surface area contributed by atoms with Gasteiger partial charge in [0.15, 0.2) is 6.17 Å². The van der Waals surface area contributed by atoms with Gasteiger partial charge < -0.3 is 14.2 Å². The van der Waals surface area contributed by atoms with E-state index >= 15 is 0 Å². The second-order valence-corrected chi connectivity index (χ2v) is 15.6. The van der Waals surface area contributed by atoms with E-state index in [1.165, 1.54) is 31.3 Å². The van der Waals surface area contributed by atoms with Gasteiger partial charge in [0.1, 0.15) is 34.0 Å². The number of hydrogen-bond donors (Lipinski definition) is 1. The molecule has 0 amide bonds. The summed E-state index contributed by atoms with van der Waals surface area (Å²) >= 11 is 1.84. The predicted molar refractivity (Wildman–Crippen MR) is 237 cm³/mol. The first-order valence-corrected chi connectivity index (χ1v) is 19.9. The highest BCUT2D eigenvalue weighted by molar-refractivity contribution is 7.25. The monoisotopic (exact) mass is 749 g/mol. The van der Waals surface area contributed by atoms with Crippen LogP contribution in [0.3, 0.4) is 0 Å². The molecule has 5 nitrogen and oxygen atoms in total. The second kappa shape index (κ2) is 12.6. The first-order chi connectivity index (χ1) is 28.2. The molecule has 0 fully saturated rings. The van der Waals surface area contributed by atoms with Gasteiger partial charge in [-0.05, 0) is 64.7 Å². The molecule has 11 aromatic rings. The number of nitrogens with one attached hydrogen (secondary N) is 1. The summed E-state index contributed by atoms with van der Waals surface area (Å²) in [5.41, 5.74) is 10.9. The quantitative estimate of drug-likeness (QED) is 0.191. The van der Waals surface area contributed by atoms with Crippen molar-refractivity contribution in [2.45, 2.75) is 6.17 Å². The van der Waals surface area contributed by atoms with Gasteiger partial charge in [0.2, 0.25) is 0 Å². The van der Waals surface area contributed by atoms with Gasteiger partial charge in [-0.25, -0.2) is 9.98 Å². The molecular weight excluding hydrogens is 719 g/mol. The number of nitrogens with zero attached hydrogens (tertiary/aromatic N) is 2. The minimum absolute atomic E-state index is 0.548. The fraction of sp³-hybridized carbons (Fsp3) is 0.0196. The molecule has 1 atom stereocenters. The average molecular weight is 750 g/mol. The van der Waals surface area contributed by atoms with E-state index in [1.807, 2.05) is 59.9 Å². The molecule has 0 spiro atoms. The lowest BCUT2D eigenvalue weighted by molar-refractivity contribution is 0.668. The van der Waals surface area contributed by atoms with Crippen molar-refractivity contribution in [2.24, 2.45) is 9.98 Å². The molecule has 1 aliphatic rings. The fourth-order valence-corrected chi connectivity index (χ4v) is 9.68. The van der Waals surface area contributed by atoms with Crippen LogP contribution in [0.25, 0.3) is 86.3 Å². The van der Waals surface area contributed by atoms with Gasteiger partial charge in [-0.2, -0.15) is 0 Å². The number of hydrogen-bond acceptors (Lipinski definition) is 6. The van der Waals surface area contributed by atoms with Crippen molar-refractivity contribution in [1.29, 1.82) is 0 Å². The van der Waals surface area contributed by atoms with E-state index in [2.05, 4.69) is 133 Å². The SMILES string of the molecule is c1ccc(-c2ccc(C3=NC(c4cccc5oc6cc(-c7cccc8sc9ccccc9c78)ccc6c45)N=C(c4cccc5oc6ccccc6c45)N3)cc2)cc1. The van der Waals surface area contributed by atoms with E-state index in [1.54, 1.807) is 0 Å². The lowest BCUT2D eigenvalue weighted by Gasteiger charge is -2.23.